The quantitative estimate of drug-likeness (QED) is 0.816. The second kappa shape index (κ2) is 5.73. The first-order valence-corrected chi connectivity index (χ1v) is 6.10. The van der Waals surface area contributed by atoms with Gasteiger partial charge in [0.1, 0.15) is 0 Å². The summed E-state index contributed by atoms with van der Waals surface area (Å²) in [5, 5.41) is 13.2. The standard InChI is InChI=1S/C13H18N2O3/c1-18-11-5-2-4-10(12(11)16)13(17)15-8-3-6-14-7-9-15/h2,4-5,14,16H,3,6-9H2,1H3. The zero-order chi connectivity index (χ0) is 13.0. The molecule has 1 saturated heterocycles. The Morgan fingerprint density at radius 1 is 1.39 bits per heavy atom. The van der Waals surface area contributed by atoms with Gasteiger partial charge in [-0.05, 0) is 25.1 Å². The van der Waals surface area contributed by atoms with Crippen LogP contribution in [0.4, 0.5) is 0 Å². The number of hydrogen-bond donors (Lipinski definition) is 2. The first kappa shape index (κ1) is 12.7. The maximum atomic E-state index is 12.3. The van der Waals surface area contributed by atoms with Crippen LogP contribution < -0.4 is 10.1 Å². The predicted molar refractivity (Wildman–Crippen MR) is 68.0 cm³/mol. The molecule has 1 aliphatic heterocycles. The summed E-state index contributed by atoms with van der Waals surface area (Å²) in [5.74, 6) is 0.103. The highest BCUT2D eigenvalue weighted by Crippen LogP contribution is 2.30. The summed E-state index contributed by atoms with van der Waals surface area (Å²) >= 11 is 0. The number of nitrogens with one attached hydrogen (secondary N) is 1. The lowest BCUT2D eigenvalue weighted by atomic mass is 10.1. The molecule has 1 aliphatic rings. The topological polar surface area (TPSA) is 61.8 Å². The fourth-order valence-electron chi connectivity index (χ4n) is 2.08. The highest BCUT2D eigenvalue weighted by atomic mass is 16.5. The van der Waals surface area contributed by atoms with Crippen molar-refractivity contribution in [1.29, 1.82) is 0 Å². The first-order chi connectivity index (χ1) is 8.74. The van der Waals surface area contributed by atoms with Crippen LogP contribution in [-0.4, -0.2) is 49.2 Å². The molecule has 0 bridgehead atoms. The lowest BCUT2D eigenvalue weighted by Gasteiger charge is -2.20. The van der Waals surface area contributed by atoms with Crippen molar-refractivity contribution in [3.63, 3.8) is 0 Å². The fourth-order valence-corrected chi connectivity index (χ4v) is 2.08. The van der Waals surface area contributed by atoms with E-state index in [1.165, 1.54) is 7.11 Å². The molecule has 18 heavy (non-hydrogen) atoms. The molecule has 0 aliphatic carbocycles. The van der Waals surface area contributed by atoms with Gasteiger partial charge in [0.2, 0.25) is 0 Å². The zero-order valence-corrected chi connectivity index (χ0v) is 10.5. The van der Waals surface area contributed by atoms with Crippen LogP contribution in [0.3, 0.4) is 0 Å². The molecule has 1 heterocycles. The molecule has 0 unspecified atom stereocenters. The highest BCUT2D eigenvalue weighted by molar-refractivity contribution is 5.97. The molecular weight excluding hydrogens is 232 g/mol. The van der Waals surface area contributed by atoms with Crippen LogP contribution in [0, 0.1) is 0 Å². The first-order valence-electron chi connectivity index (χ1n) is 6.10. The van der Waals surface area contributed by atoms with Crippen molar-refractivity contribution in [2.24, 2.45) is 0 Å². The van der Waals surface area contributed by atoms with Crippen molar-refractivity contribution < 1.29 is 14.6 Å². The van der Waals surface area contributed by atoms with Crippen LogP contribution in [0.25, 0.3) is 0 Å². The van der Waals surface area contributed by atoms with Gasteiger partial charge in [0, 0.05) is 19.6 Å². The Labute approximate surface area is 106 Å². The van der Waals surface area contributed by atoms with Gasteiger partial charge in [0.05, 0.1) is 12.7 Å². The molecule has 5 heteroatoms. The van der Waals surface area contributed by atoms with Crippen LogP contribution in [0.5, 0.6) is 11.5 Å². The maximum absolute atomic E-state index is 12.3. The van der Waals surface area contributed by atoms with Crippen molar-refractivity contribution in [3.05, 3.63) is 23.8 Å². The van der Waals surface area contributed by atoms with E-state index < -0.39 is 0 Å². The van der Waals surface area contributed by atoms with Gasteiger partial charge in [-0.1, -0.05) is 6.07 Å². The van der Waals surface area contributed by atoms with E-state index in [-0.39, 0.29) is 11.7 Å². The van der Waals surface area contributed by atoms with Gasteiger partial charge in [0.15, 0.2) is 11.5 Å². The van der Waals surface area contributed by atoms with Gasteiger partial charge in [-0.3, -0.25) is 4.79 Å². The van der Waals surface area contributed by atoms with Gasteiger partial charge in [-0.2, -0.15) is 0 Å². The Balaban J connectivity index is 2.22. The van der Waals surface area contributed by atoms with Crippen molar-refractivity contribution >= 4 is 5.91 Å². The van der Waals surface area contributed by atoms with Gasteiger partial charge in [-0.25, -0.2) is 0 Å². The monoisotopic (exact) mass is 250 g/mol. The molecule has 0 aromatic heterocycles. The number of phenolic OH excluding ortho intramolecular Hbond substituents is 1. The van der Waals surface area contributed by atoms with E-state index in [1.807, 2.05) is 0 Å². The van der Waals surface area contributed by atoms with E-state index in [9.17, 15) is 9.90 Å². The van der Waals surface area contributed by atoms with E-state index in [0.717, 1.165) is 19.5 Å². The van der Waals surface area contributed by atoms with E-state index in [0.29, 0.717) is 24.4 Å². The average molecular weight is 250 g/mol. The Kier molecular flexibility index (Phi) is 4.04. The second-order valence-electron chi connectivity index (χ2n) is 4.25. The van der Waals surface area contributed by atoms with Crippen LogP contribution in [0.1, 0.15) is 16.8 Å². The Morgan fingerprint density at radius 2 is 2.22 bits per heavy atom. The van der Waals surface area contributed by atoms with Gasteiger partial charge in [-0.15, -0.1) is 0 Å². The summed E-state index contributed by atoms with van der Waals surface area (Å²) in [6.45, 7) is 3.09. The minimum absolute atomic E-state index is 0.0813. The van der Waals surface area contributed by atoms with E-state index in [4.69, 9.17) is 4.74 Å². The lowest BCUT2D eigenvalue weighted by Crippen LogP contribution is -2.34. The van der Waals surface area contributed by atoms with E-state index in [2.05, 4.69) is 5.32 Å². The number of para-hydroxylation sites is 1. The van der Waals surface area contributed by atoms with Crippen molar-refractivity contribution in [2.45, 2.75) is 6.42 Å². The minimum atomic E-state index is -0.143. The molecule has 2 N–H and O–H groups in total. The summed E-state index contributed by atoms with van der Waals surface area (Å²) in [4.78, 5) is 14.1. The smallest absolute Gasteiger partial charge is 0.257 e. The molecular formula is C13H18N2O3. The Bertz CT molecular complexity index is 426. The summed E-state index contributed by atoms with van der Waals surface area (Å²) < 4.78 is 5.01. The number of amides is 1. The van der Waals surface area contributed by atoms with Crippen LogP contribution in [0.15, 0.2) is 18.2 Å². The zero-order valence-electron chi connectivity index (χ0n) is 10.5. The number of benzene rings is 1. The molecule has 0 atom stereocenters. The van der Waals surface area contributed by atoms with Crippen LogP contribution in [0.2, 0.25) is 0 Å². The molecule has 1 fully saturated rings. The molecule has 5 nitrogen and oxygen atoms in total. The van der Waals surface area contributed by atoms with Crippen LogP contribution in [-0.2, 0) is 0 Å². The van der Waals surface area contributed by atoms with Gasteiger partial charge < -0.3 is 20.1 Å². The lowest BCUT2D eigenvalue weighted by molar-refractivity contribution is 0.0762. The van der Waals surface area contributed by atoms with Crippen molar-refractivity contribution in [3.8, 4) is 11.5 Å². The summed E-state index contributed by atoms with van der Waals surface area (Å²) in [6, 6.07) is 4.97. The molecule has 1 aromatic carbocycles. The minimum Gasteiger partial charge on any atom is -0.504 e. The van der Waals surface area contributed by atoms with Gasteiger partial charge in [0.25, 0.3) is 5.91 Å². The number of phenols is 1. The number of carbonyl (C=O) groups excluding carboxylic acids is 1. The molecule has 98 valence electrons. The third-order valence-corrected chi connectivity index (χ3v) is 3.08. The number of ether oxygens (including phenoxy) is 1. The third-order valence-electron chi connectivity index (χ3n) is 3.08. The molecule has 1 amide bonds. The normalized spacial score (nSPS) is 16.2. The van der Waals surface area contributed by atoms with Crippen molar-refractivity contribution in [2.75, 3.05) is 33.3 Å². The predicted octanol–water partition coefficient (Wildman–Crippen LogP) is 0.836. The third kappa shape index (κ3) is 2.56. The molecule has 2 rings (SSSR count). The van der Waals surface area contributed by atoms with E-state index in [1.54, 1.807) is 23.1 Å². The van der Waals surface area contributed by atoms with Crippen molar-refractivity contribution in [1.82, 2.24) is 10.2 Å². The van der Waals surface area contributed by atoms with Crippen LogP contribution >= 0.6 is 0 Å². The second-order valence-corrected chi connectivity index (χ2v) is 4.25. The largest absolute Gasteiger partial charge is 0.504 e. The fraction of sp³-hybridized carbons (Fsp3) is 0.462. The number of carbonyl (C=O) groups is 1. The molecule has 1 aromatic rings. The van der Waals surface area contributed by atoms with E-state index >= 15 is 0 Å². The highest BCUT2D eigenvalue weighted by Gasteiger charge is 2.21. The summed E-state index contributed by atoms with van der Waals surface area (Å²) in [6.07, 6.45) is 0.927. The molecule has 0 radical (unpaired) electrons. The Hall–Kier alpha value is -1.75. The SMILES string of the molecule is COc1cccc(C(=O)N2CCCNCC2)c1O. The number of hydrogen-bond acceptors (Lipinski definition) is 4. The maximum Gasteiger partial charge on any atom is 0.257 e. The molecule has 0 spiro atoms. The molecule has 0 saturated carbocycles. The number of methoxy groups -OCH3 is 1. The number of rotatable bonds is 2. The summed E-state index contributed by atoms with van der Waals surface area (Å²) in [5.41, 5.74) is 0.302. The average Bonchev–Trinajstić information content (AvgIpc) is 2.67. The van der Waals surface area contributed by atoms with Gasteiger partial charge >= 0.3 is 0 Å². The number of nitrogens with zero attached hydrogens (tertiary/aromatic N) is 1. The summed E-state index contributed by atoms with van der Waals surface area (Å²) in [7, 11) is 1.47. The number of aromatic hydroxyl groups is 1. The Morgan fingerprint density at radius 3 is 3.00 bits per heavy atom.